The van der Waals surface area contributed by atoms with E-state index in [1.54, 1.807) is 24.3 Å². The highest BCUT2D eigenvalue weighted by Gasteiger charge is 2.38. The number of ketones is 1. The van der Waals surface area contributed by atoms with Crippen LogP contribution < -0.4 is 0 Å². The van der Waals surface area contributed by atoms with Crippen molar-refractivity contribution in [3.8, 4) is 11.5 Å². The van der Waals surface area contributed by atoms with E-state index in [0.717, 1.165) is 0 Å². The molecule has 3 heteroatoms. The van der Waals surface area contributed by atoms with Crippen molar-refractivity contribution >= 4 is 5.78 Å². The van der Waals surface area contributed by atoms with Gasteiger partial charge in [0, 0.05) is 5.56 Å². The topological polar surface area (TPSA) is 57.5 Å². The minimum absolute atomic E-state index is 0.0139. The van der Waals surface area contributed by atoms with Gasteiger partial charge < -0.3 is 10.2 Å². The molecule has 3 nitrogen and oxygen atoms in total. The molecule has 110 valence electrons. The van der Waals surface area contributed by atoms with Crippen LogP contribution in [0.2, 0.25) is 0 Å². The second-order valence-corrected chi connectivity index (χ2v) is 5.71. The zero-order valence-electron chi connectivity index (χ0n) is 12.3. The Morgan fingerprint density at radius 3 is 1.71 bits per heavy atom. The Labute approximate surface area is 124 Å². The lowest BCUT2D eigenvalue weighted by Crippen LogP contribution is -1.97. The molecular weight excluding hydrogens is 264 g/mol. The Morgan fingerprint density at radius 2 is 1.33 bits per heavy atom. The third kappa shape index (κ3) is 4.09. The molecule has 0 heterocycles. The predicted molar refractivity (Wildman–Crippen MR) is 82.8 cm³/mol. The monoisotopic (exact) mass is 284 g/mol. The van der Waals surface area contributed by atoms with Gasteiger partial charge in [0.25, 0.3) is 0 Å². The lowest BCUT2D eigenvalue weighted by atomic mass is 9.99. The average Bonchev–Trinajstić information content (AvgIpc) is 3.20. The number of carbonyl (C=O) groups excluding carboxylic acids is 1. The summed E-state index contributed by atoms with van der Waals surface area (Å²) in [5.74, 6) is 0.558. The number of carbonyl (C=O) groups is 1. The molecule has 1 fully saturated rings. The molecule has 2 N–H and O–H groups in total. The van der Waals surface area contributed by atoms with E-state index < -0.39 is 0 Å². The second kappa shape index (κ2) is 6.00. The SMILES string of the molecule is CC(=O)c1ccc(O)cc1.CC1(c2ccc(O)cc2)CC1. The van der Waals surface area contributed by atoms with E-state index in [2.05, 4.69) is 6.92 Å². The fourth-order valence-electron chi connectivity index (χ4n) is 2.04. The van der Waals surface area contributed by atoms with E-state index in [-0.39, 0.29) is 11.5 Å². The zero-order chi connectivity index (χ0) is 15.5. The Morgan fingerprint density at radius 1 is 0.905 bits per heavy atom. The second-order valence-electron chi connectivity index (χ2n) is 5.71. The lowest BCUT2D eigenvalue weighted by molar-refractivity contribution is 0.101. The molecule has 0 unspecified atom stereocenters. The maximum absolute atomic E-state index is 10.7. The molecule has 0 amide bonds. The van der Waals surface area contributed by atoms with Gasteiger partial charge in [-0.1, -0.05) is 19.1 Å². The first-order chi connectivity index (χ1) is 9.90. The summed E-state index contributed by atoms with van der Waals surface area (Å²) in [5, 5.41) is 17.9. The number of aromatic hydroxyl groups is 2. The first-order valence-corrected chi connectivity index (χ1v) is 7.00. The molecule has 0 atom stereocenters. The Balaban J connectivity index is 0.000000155. The summed E-state index contributed by atoms with van der Waals surface area (Å²) in [5.41, 5.74) is 2.40. The van der Waals surface area contributed by atoms with Crippen LogP contribution in [-0.2, 0) is 5.41 Å². The quantitative estimate of drug-likeness (QED) is 0.818. The van der Waals surface area contributed by atoms with Crippen LogP contribution in [0.25, 0.3) is 0 Å². The molecule has 3 rings (SSSR count). The van der Waals surface area contributed by atoms with E-state index in [1.807, 2.05) is 12.1 Å². The van der Waals surface area contributed by atoms with Gasteiger partial charge in [-0.05, 0) is 67.1 Å². The van der Waals surface area contributed by atoms with Gasteiger partial charge in [-0.15, -0.1) is 0 Å². The fraction of sp³-hybridized carbons (Fsp3) is 0.278. The highest BCUT2D eigenvalue weighted by molar-refractivity contribution is 5.94. The van der Waals surface area contributed by atoms with Crippen molar-refractivity contribution in [1.82, 2.24) is 0 Å². The van der Waals surface area contributed by atoms with Crippen LogP contribution in [-0.4, -0.2) is 16.0 Å². The van der Waals surface area contributed by atoms with Gasteiger partial charge in [0.15, 0.2) is 5.78 Å². The molecule has 2 aromatic carbocycles. The van der Waals surface area contributed by atoms with Crippen LogP contribution in [0.1, 0.15) is 42.6 Å². The predicted octanol–water partition coefficient (Wildman–Crippen LogP) is 4.04. The Kier molecular flexibility index (Phi) is 4.32. The summed E-state index contributed by atoms with van der Waals surface area (Å²) in [4.78, 5) is 10.7. The van der Waals surface area contributed by atoms with Gasteiger partial charge in [-0.2, -0.15) is 0 Å². The molecule has 0 radical (unpaired) electrons. The molecule has 1 saturated carbocycles. The molecule has 0 saturated heterocycles. The summed E-state index contributed by atoms with van der Waals surface area (Å²) in [6, 6.07) is 13.7. The smallest absolute Gasteiger partial charge is 0.159 e. The number of hydrogen-bond acceptors (Lipinski definition) is 3. The number of Topliss-reactive ketones (excluding diaryl/α,β-unsaturated/α-hetero) is 1. The van der Waals surface area contributed by atoms with Gasteiger partial charge in [0.1, 0.15) is 11.5 Å². The normalized spacial score (nSPS) is 14.8. The first-order valence-electron chi connectivity index (χ1n) is 7.00. The standard InChI is InChI=1S/C10H12O.C8H8O2/c1-10(6-7-10)8-2-4-9(11)5-3-8;1-6(9)7-2-4-8(10)5-3-7/h2-5,11H,6-7H2,1H3;2-5,10H,1H3. The van der Waals surface area contributed by atoms with E-state index in [1.165, 1.54) is 37.5 Å². The molecule has 1 aliphatic carbocycles. The highest BCUT2D eigenvalue weighted by Crippen LogP contribution is 2.47. The van der Waals surface area contributed by atoms with Crippen LogP contribution in [0, 0.1) is 0 Å². The summed E-state index contributed by atoms with van der Waals surface area (Å²) in [6.07, 6.45) is 2.58. The van der Waals surface area contributed by atoms with E-state index in [4.69, 9.17) is 10.2 Å². The Hall–Kier alpha value is -2.29. The van der Waals surface area contributed by atoms with Crippen LogP contribution >= 0.6 is 0 Å². The molecule has 0 aliphatic heterocycles. The van der Waals surface area contributed by atoms with Crippen molar-refractivity contribution in [1.29, 1.82) is 0 Å². The largest absolute Gasteiger partial charge is 0.508 e. The maximum atomic E-state index is 10.7. The average molecular weight is 284 g/mol. The summed E-state index contributed by atoms with van der Waals surface area (Å²) >= 11 is 0. The van der Waals surface area contributed by atoms with Gasteiger partial charge in [0.05, 0.1) is 0 Å². The number of phenolic OH excluding ortho intramolecular Hbond substituents is 2. The molecule has 1 aliphatic rings. The molecule has 2 aromatic rings. The van der Waals surface area contributed by atoms with Crippen molar-refractivity contribution in [2.24, 2.45) is 0 Å². The van der Waals surface area contributed by atoms with Crippen LogP contribution in [0.5, 0.6) is 11.5 Å². The van der Waals surface area contributed by atoms with Gasteiger partial charge in [-0.3, -0.25) is 4.79 Å². The summed E-state index contributed by atoms with van der Waals surface area (Å²) < 4.78 is 0. The number of phenols is 2. The van der Waals surface area contributed by atoms with Crippen molar-refractivity contribution < 1.29 is 15.0 Å². The fourth-order valence-corrected chi connectivity index (χ4v) is 2.04. The number of hydrogen-bond donors (Lipinski definition) is 2. The van der Waals surface area contributed by atoms with Crippen molar-refractivity contribution in [2.75, 3.05) is 0 Å². The molecular formula is C18H20O3. The zero-order valence-corrected chi connectivity index (χ0v) is 12.3. The highest BCUT2D eigenvalue weighted by atomic mass is 16.3. The van der Waals surface area contributed by atoms with Crippen LogP contribution in [0.15, 0.2) is 48.5 Å². The minimum Gasteiger partial charge on any atom is -0.508 e. The minimum atomic E-state index is 0.0139. The third-order valence-corrected chi connectivity index (χ3v) is 3.84. The van der Waals surface area contributed by atoms with E-state index in [0.29, 0.717) is 16.7 Å². The molecule has 0 spiro atoms. The Bertz CT molecular complexity index is 608. The van der Waals surface area contributed by atoms with Gasteiger partial charge >= 0.3 is 0 Å². The van der Waals surface area contributed by atoms with Crippen molar-refractivity contribution in [3.63, 3.8) is 0 Å². The van der Waals surface area contributed by atoms with Gasteiger partial charge in [-0.25, -0.2) is 0 Å². The first kappa shape index (κ1) is 15.1. The lowest BCUT2D eigenvalue weighted by Gasteiger charge is -2.07. The molecule has 21 heavy (non-hydrogen) atoms. The van der Waals surface area contributed by atoms with Crippen LogP contribution in [0.3, 0.4) is 0 Å². The van der Waals surface area contributed by atoms with Crippen LogP contribution in [0.4, 0.5) is 0 Å². The number of benzene rings is 2. The van der Waals surface area contributed by atoms with Gasteiger partial charge in [0.2, 0.25) is 0 Å². The number of rotatable bonds is 2. The third-order valence-electron chi connectivity index (χ3n) is 3.84. The van der Waals surface area contributed by atoms with E-state index >= 15 is 0 Å². The van der Waals surface area contributed by atoms with Crippen molar-refractivity contribution in [3.05, 3.63) is 59.7 Å². The summed E-state index contributed by atoms with van der Waals surface area (Å²) in [7, 11) is 0. The maximum Gasteiger partial charge on any atom is 0.159 e. The molecule has 0 aromatic heterocycles. The molecule has 0 bridgehead atoms. The summed E-state index contributed by atoms with van der Waals surface area (Å²) in [6.45, 7) is 3.76. The van der Waals surface area contributed by atoms with E-state index in [9.17, 15) is 4.79 Å². The van der Waals surface area contributed by atoms with Crippen molar-refractivity contribution in [2.45, 2.75) is 32.1 Å².